The van der Waals surface area contributed by atoms with E-state index in [0.717, 1.165) is 0 Å². The Balaban J connectivity index is 2.30. The molecular weight excluding hydrogens is 152 g/mol. The zero-order valence-corrected chi connectivity index (χ0v) is 7.33. The number of esters is 1. The summed E-state index contributed by atoms with van der Waals surface area (Å²) in [5.41, 5.74) is 2.43. The van der Waals surface area contributed by atoms with Crippen molar-refractivity contribution in [2.75, 3.05) is 0 Å². The van der Waals surface area contributed by atoms with Crippen molar-refractivity contribution in [3.63, 3.8) is 0 Å². The van der Waals surface area contributed by atoms with E-state index >= 15 is 0 Å². The van der Waals surface area contributed by atoms with Crippen molar-refractivity contribution >= 4 is 5.97 Å². The van der Waals surface area contributed by atoms with Gasteiger partial charge in [-0.05, 0) is 19.4 Å². The fraction of sp³-hybridized carbons (Fsp3) is 0.500. The maximum Gasteiger partial charge on any atom is 0.307 e. The highest BCUT2D eigenvalue weighted by molar-refractivity contribution is 5.74. The fourth-order valence-corrected chi connectivity index (χ4v) is 1.81. The minimum absolute atomic E-state index is 0.0301. The molecule has 64 valence electrons. The van der Waals surface area contributed by atoms with Gasteiger partial charge in [-0.1, -0.05) is 17.7 Å². The van der Waals surface area contributed by atoms with Gasteiger partial charge >= 0.3 is 5.97 Å². The molecule has 0 bridgehead atoms. The van der Waals surface area contributed by atoms with Crippen molar-refractivity contribution in [2.45, 2.75) is 26.4 Å². The lowest BCUT2D eigenvalue weighted by molar-refractivity contribution is -0.140. The Bertz CT molecular complexity index is 282. The van der Waals surface area contributed by atoms with Gasteiger partial charge in [0, 0.05) is 5.92 Å². The van der Waals surface area contributed by atoms with E-state index < -0.39 is 0 Å². The molecular formula is C10H12O2. The van der Waals surface area contributed by atoms with Crippen molar-refractivity contribution in [1.29, 1.82) is 0 Å². The lowest BCUT2D eigenvalue weighted by Crippen LogP contribution is -2.12. The first-order chi connectivity index (χ1) is 5.68. The van der Waals surface area contributed by atoms with Crippen molar-refractivity contribution in [3.05, 3.63) is 23.3 Å². The van der Waals surface area contributed by atoms with Crippen LogP contribution in [0.4, 0.5) is 0 Å². The monoisotopic (exact) mass is 164 g/mol. The first-order valence-electron chi connectivity index (χ1n) is 4.23. The number of hydrogen-bond donors (Lipinski definition) is 0. The lowest BCUT2D eigenvalue weighted by Gasteiger charge is -2.10. The zero-order chi connectivity index (χ0) is 8.72. The molecule has 2 nitrogen and oxygen atoms in total. The summed E-state index contributed by atoms with van der Waals surface area (Å²) in [6, 6.07) is 0. The molecule has 12 heavy (non-hydrogen) atoms. The topological polar surface area (TPSA) is 26.3 Å². The molecule has 2 atom stereocenters. The van der Waals surface area contributed by atoms with Crippen LogP contribution < -0.4 is 0 Å². The Morgan fingerprint density at radius 3 is 3.00 bits per heavy atom. The SMILES string of the molecule is CC(C)=C1C=CC2CC(=O)OC12. The lowest BCUT2D eigenvalue weighted by atomic mass is 10.0. The minimum atomic E-state index is -0.0619. The third kappa shape index (κ3) is 0.986. The number of rotatable bonds is 0. The van der Waals surface area contributed by atoms with Crippen molar-refractivity contribution in [3.8, 4) is 0 Å². The number of carbonyl (C=O) groups is 1. The number of carbonyl (C=O) groups excluding carboxylic acids is 1. The Morgan fingerprint density at radius 1 is 1.58 bits per heavy atom. The van der Waals surface area contributed by atoms with Gasteiger partial charge in [-0.2, -0.15) is 0 Å². The number of ether oxygens (including phenoxy) is 1. The summed E-state index contributed by atoms with van der Waals surface area (Å²) < 4.78 is 5.20. The molecule has 0 aromatic carbocycles. The summed E-state index contributed by atoms with van der Waals surface area (Å²) in [5.74, 6) is 0.246. The maximum atomic E-state index is 10.9. The van der Waals surface area contributed by atoms with Gasteiger partial charge in [0.15, 0.2) is 0 Å². The molecule has 0 aromatic rings. The highest BCUT2D eigenvalue weighted by Crippen LogP contribution is 2.36. The molecule has 0 aromatic heterocycles. The second-order valence-corrected chi connectivity index (χ2v) is 3.59. The molecule has 2 heteroatoms. The molecule has 0 N–H and O–H groups in total. The quantitative estimate of drug-likeness (QED) is 0.510. The smallest absolute Gasteiger partial charge is 0.307 e. The van der Waals surface area contributed by atoms with E-state index in [4.69, 9.17) is 4.74 Å². The first-order valence-corrected chi connectivity index (χ1v) is 4.23. The average Bonchev–Trinajstić information content (AvgIpc) is 2.43. The summed E-state index contributed by atoms with van der Waals surface area (Å²) in [7, 11) is 0. The van der Waals surface area contributed by atoms with Crippen LogP contribution in [0, 0.1) is 5.92 Å². The van der Waals surface area contributed by atoms with Crippen LogP contribution in [0.2, 0.25) is 0 Å². The second kappa shape index (κ2) is 2.47. The summed E-state index contributed by atoms with van der Waals surface area (Å²) in [6.07, 6.45) is 4.75. The predicted molar refractivity (Wildman–Crippen MR) is 45.5 cm³/mol. The summed E-state index contributed by atoms with van der Waals surface area (Å²) in [6.45, 7) is 4.10. The van der Waals surface area contributed by atoms with E-state index in [1.54, 1.807) is 0 Å². The Kier molecular flexibility index (Phi) is 1.56. The second-order valence-electron chi connectivity index (χ2n) is 3.59. The highest BCUT2D eigenvalue weighted by atomic mass is 16.6. The molecule has 1 heterocycles. The third-order valence-corrected chi connectivity index (χ3v) is 2.46. The maximum absolute atomic E-state index is 10.9. The van der Waals surface area contributed by atoms with Crippen molar-refractivity contribution in [1.82, 2.24) is 0 Å². The number of allylic oxidation sites excluding steroid dienone is 1. The van der Waals surface area contributed by atoms with Gasteiger partial charge in [0.2, 0.25) is 0 Å². The van der Waals surface area contributed by atoms with Gasteiger partial charge in [0.25, 0.3) is 0 Å². The van der Waals surface area contributed by atoms with Gasteiger partial charge in [-0.3, -0.25) is 4.79 Å². The standard InChI is InChI=1S/C10H12O2/c1-6(2)8-4-3-7-5-9(11)12-10(7)8/h3-4,7,10H,5H2,1-2H3. The molecule has 2 unspecified atom stereocenters. The Labute approximate surface area is 71.9 Å². The normalized spacial score (nSPS) is 32.2. The number of fused-ring (bicyclic) bond motifs is 1. The zero-order valence-electron chi connectivity index (χ0n) is 7.33. The van der Waals surface area contributed by atoms with Gasteiger partial charge in [-0.15, -0.1) is 0 Å². The molecule has 1 saturated heterocycles. The molecule has 2 rings (SSSR count). The van der Waals surface area contributed by atoms with Gasteiger partial charge < -0.3 is 4.74 Å². The van der Waals surface area contributed by atoms with Crippen LogP contribution >= 0.6 is 0 Å². The molecule has 1 aliphatic carbocycles. The molecule has 0 radical (unpaired) electrons. The van der Waals surface area contributed by atoms with Crippen LogP contribution in [-0.2, 0) is 9.53 Å². The molecule has 0 amide bonds. The van der Waals surface area contributed by atoms with E-state index in [2.05, 4.69) is 12.2 Å². The van der Waals surface area contributed by atoms with E-state index in [1.807, 2.05) is 13.8 Å². The molecule has 0 saturated carbocycles. The summed E-state index contributed by atoms with van der Waals surface area (Å²) in [4.78, 5) is 10.9. The molecule has 1 fully saturated rings. The van der Waals surface area contributed by atoms with Crippen LogP contribution in [0.3, 0.4) is 0 Å². The van der Waals surface area contributed by atoms with Crippen LogP contribution in [0.5, 0.6) is 0 Å². The molecule has 1 aliphatic heterocycles. The van der Waals surface area contributed by atoms with Crippen LogP contribution in [0.1, 0.15) is 20.3 Å². The van der Waals surface area contributed by atoms with Gasteiger partial charge in [0.05, 0.1) is 6.42 Å². The van der Waals surface area contributed by atoms with E-state index in [0.29, 0.717) is 12.3 Å². The van der Waals surface area contributed by atoms with Crippen LogP contribution in [-0.4, -0.2) is 12.1 Å². The predicted octanol–water partition coefficient (Wildman–Crippen LogP) is 1.82. The highest BCUT2D eigenvalue weighted by Gasteiger charge is 2.38. The summed E-state index contributed by atoms with van der Waals surface area (Å²) in [5, 5.41) is 0. The number of hydrogen-bond acceptors (Lipinski definition) is 2. The van der Waals surface area contributed by atoms with Gasteiger partial charge in [0.1, 0.15) is 6.10 Å². The third-order valence-electron chi connectivity index (χ3n) is 2.46. The van der Waals surface area contributed by atoms with Gasteiger partial charge in [-0.25, -0.2) is 0 Å². The van der Waals surface area contributed by atoms with Crippen LogP contribution in [0.25, 0.3) is 0 Å². The average molecular weight is 164 g/mol. The Morgan fingerprint density at radius 2 is 2.33 bits per heavy atom. The molecule has 2 aliphatic rings. The van der Waals surface area contributed by atoms with E-state index in [1.165, 1.54) is 11.1 Å². The van der Waals surface area contributed by atoms with Crippen LogP contribution in [0.15, 0.2) is 23.3 Å². The largest absolute Gasteiger partial charge is 0.457 e. The van der Waals surface area contributed by atoms with E-state index in [9.17, 15) is 4.79 Å². The van der Waals surface area contributed by atoms with Crippen molar-refractivity contribution in [2.24, 2.45) is 5.92 Å². The Hall–Kier alpha value is -1.05. The fourth-order valence-electron chi connectivity index (χ4n) is 1.81. The van der Waals surface area contributed by atoms with E-state index in [-0.39, 0.29) is 12.1 Å². The minimum Gasteiger partial charge on any atom is -0.457 e. The summed E-state index contributed by atoms with van der Waals surface area (Å²) >= 11 is 0. The molecule has 0 spiro atoms. The van der Waals surface area contributed by atoms with Crippen molar-refractivity contribution < 1.29 is 9.53 Å². The first kappa shape index (κ1) is 7.59.